The lowest BCUT2D eigenvalue weighted by Crippen LogP contribution is -2.13. The van der Waals surface area contributed by atoms with E-state index in [4.69, 9.17) is 22.1 Å². The van der Waals surface area contributed by atoms with Crippen LogP contribution in [0.25, 0.3) is 22.0 Å². The van der Waals surface area contributed by atoms with Gasteiger partial charge in [0.25, 0.3) is 5.91 Å². The maximum absolute atomic E-state index is 11.9. The smallest absolute Gasteiger partial charge is 0.267 e. The summed E-state index contributed by atoms with van der Waals surface area (Å²) in [6, 6.07) is 20.3. The molecule has 0 aliphatic carbocycles. The van der Waals surface area contributed by atoms with Crippen LogP contribution in [0, 0.1) is 12.1 Å². The fourth-order valence-electron chi connectivity index (χ4n) is 3.28. The highest BCUT2D eigenvalue weighted by atomic mass is 35.5. The number of rotatable bonds is 6. The minimum Gasteiger partial charge on any atom is -0.497 e. The Balaban J connectivity index is 1.75. The molecule has 2 aromatic heterocycles. The summed E-state index contributed by atoms with van der Waals surface area (Å²) in [5.41, 5.74) is 9.02. The van der Waals surface area contributed by atoms with Crippen LogP contribution in [0.15, 0.2) is 54.7 Å². The van der Waals surface area contributed by atoms with Gasteiger partial charge in [-0.25, -0.2) is 9.97 Å². The van der Waals surface area contributed by atoms with Crippen molar-refractivity contribution in [2.24, 2.45) is 5.73 Å². The van der Waals surface area contributed by atoms with Crippen molar-refractivity contribution in [2.45, 2.75) is 12.5 Å². The molecule has 1 amide bonds. The third-order valence-electron chi connectivity index (χ3n) is 4.90. The highest BCUT2D eigenvalue weighted by Gasteiger charge is 2.15. The van der Waals surface area contributed by atoms with Crippen LogP contribution in [0.2, 0.25) is 5.15 Å². The molecule has 154 valence electrons. The number of aliphatic hydroxyl groups excluding tert-OH is 1. The molecule has 0 bridgehead atoms. The fourth-order valence-corrected chi connectivity index (χ4v) is 3.39. The number of halogens is 1. The van der Waals surface area contributed by atoms with Crippen molar-refractivity contribution < 1.29 is 14.6 Å². The molecule has 4 aromatic rings. The molecule has 0 saturated carbocycles. The largest absolute Gasteiger partial charge is 0.497 e. The number of aliphatic hydroxyl groups is 1. The summed E-state index contributed by atoms with van der Waals surface area (Å²) in [6.07, 6.45) is 1.08. The van der Waals surface area contributed by atoms with Gasteiger partial charge in [-0.05, 0) is 41.5 Å². The second-order valence-corrected chi connectivity index (χ2v) is 7.35. The van der Waals surface area contributed by atoms with E-state index in [2.05, 4.69) is 22.1 Å². The molecule has 2 aromatic carbocycles. The molecule has 4 rings (SSSR count). The number of aromatic nitrogens is 2. The summed E-state index contributed by atoms with van der Waals surface area (Å²) < 4.78 is 5.21. The van der Waals surface area contributed by atoms with Gasteiger partial charge >= 0.3 is 0 Å². The Bertz CT molecular complexity index is 1240. The lowest BCUT2D eigenvalue weighted by molar-refractivity contribution is 0.0996. The molecule has 0 saturated heterocycles. The van der Waals surface area contributed by atoms with Gasteiger partial charge in [0.05, 0.1) is 24.1 Å². The van der Waals surface area contributed by atoms with Crippen LogP contribution in [0.3, 0.4) is 0 Å². The Labute approximate surface area is 184 Å². The number of methoxy groups -OCH3 is 1. The van der Waals surface area contributed by atoms with Gasteiger partial charge in [0.2, 0.25) is 0 Å². The Hall–Kier alpha value is -3.66. The summed E-state index contributed by atoms with van der Waals surface area (Å²) in [5.74, 6) is 0.0775. The molecule has 0 fully saturated rings. The number of pyridine rings is 2. The fraction of sp³-hybridized carbons (Fsp3) is 0.125. The molecule has 0 aliphatic heterocycles. The van der Waals surface area contributed by atoms with Gasteiger partial charge in [-0.1, -0.05) is 41.9 Å². The van der Waals surface area contributed by atoms with Gasteiger partial charge < -0.3 is 15.6 Å². The SMILES string of the molecule is COc1ccc(-c2cc(C(N)=O)nc3cc(C(O)Cc4ccc(Cl)nc4)c#cc23)cc1. The third kappa shape index (κ3) is 4.43. The number of fused-ring (bicyclic) bond motifs is 1. The molecule has 2 heterocycles. The third-order valence-corrected chi connectivity index (χ3v) is 5.13. The summed E-state index contributed by atoms with van der Waals surface area (Å²) in [6.45, 7) is 0. The number of ether oxygens (including phenoxy) is 1. The minimum atomic E-state index is -0.855. The monoisotopic (exact) mass is 431 g/mol. The van der Waals surface area contributed by atoms with Gasteiger partial charge in [0.1, 0.15) is 16.6 Å². The molecule has 1 unspecified atom stereocenters. The van der Waals surface area contributed by atoms with E-state index in [1.165, 1.54) is 0 Å². The van der Waals surface area contributed by atoms with Crippen LogP contribution in [-0.2, 0) is 6.42 Å². The first-order chi connectivity index (χ1) is 14.9. The number of primary amides is 1. The Morgan fingerprint density at radius 3 is 2.61 bits per heavy atom. The summed E-state index contributed by atoms with van der Waals surface area (Å²) in [7, 11) is 1.59. The van der Waals surface area contributed by atoms with Gasteiger partial charge in [-0.15, -0.1) is 0 Å². The predicted octanol–water partition coefficient (Wildman–Crippen LogP) is 3.93. The van der Waals surface area contributed by atoms with Crippen LogP contribution in [0.1, 0.15) is 27.7 Å². The predicted molar refractivity (Wildman–Crippen MR) is 118 cm³/mol. The molecular weight excluding hydrogens is 414 g/mol. The van der Waals surface area contributed by atoms with E-state index in [0.717, 1.165) is 22.4 Å². The van der Waals surface area contributed by atoms with Crippen molar-refractivity contribution >= 4 is 28.4 Å². The minimum absolute atomic E-state index is 0.125. The quantitative estimate of drug-likeness (QED) is 0.450. The van der Waals surface area contributed by atoms with Crippen LogP contribution in [0.5, 0.6) is 5.75 Å². The van der Waals surface area contributed by atoms with Gasteiger partial charge in [0.15, 0.2) is 0 Å². The second-order valence-electron chi connectivity index (χ2n) is 6.97. The van der Waals surface area contributed by atoms with Crippen molar-refractivity contribution in [3.05, 3.63) is 88.8 Å². The lowest BCUT2D eigenvalue weighted by Gasteiger charge is -2.11. The average Bonchev–Trinajstić information content (AvgIpc) is 2.79. The van der Waals surface area contributed by atoms with Crippen molar-refractivity contribution in [3.63, 3.8) is 0 Å². The van der Waals surface area contributed by atoms with Gasteiger partial charge in [-0.2, -0.15) is 0 Å². The van der Waals surface area contributed by atoms with E-state index in [1.54, 1.807) is 37.6 Å². The van der Waals surface area contributed by atoms with Crippen molar-refractivity contribution in [1.82, 2.24) is 9.97 Å². The molecule has 0 radical (unpaired) electrons. The van der Waals surface area contributed by atoms with Crippen molar-refractivity contribution in [2.75, 3.05) is 7.11 Å². The summed E-state index contributed by atoms with van der Waals surface area (Å²) in [4.78, 5) is 20.3. The first-order valence-electron chi connectivity index (χ1n) is 9.46. The highest BCUT2D eigenvalue weighted by Crippen LogP contribution is 2.30. The first kappa shape index (κ1) is 20.6. The van der Waals surface area contributed by atoms with E-state index in [9.17, 15) is 9.90 Å². The number of benzene rings is 1. The number of carbonyl (C=O) groups is 1. The van der Waals surface area contributed by atoms with E-state index in [1.807, 2.05) is 24.3 Å². The first-order valence-corrected chi connectivity index (χ1v) is 9.84. The molecule has 0 aliphatic rings. The number of nitrogens with zero attached hydrogens (tertiary/aromatic N) is 2. The zero-order valence-corrected chi connectivity index (χ0v) is 17.3. The molecular formula is C24H18ClN3O3. The van der Waals surface area contributed by atoms with Crippen LogP contribution >= 0.6 is 11.6 Å². The average molecular weight is 432 g/mol. The molecule has 6 nitrogen and oxygen atoms in total. The number of nitrogens with two attached hydrogens (primary N) is 1. The van der Waals surface area contributed by atoms with Crippen LogP contribution in [-0.4, -0.2) is 28.1 Å². The number of hydrogen-bond donors (Lipinski definition) is 2. The van der Waals surface area contributed by atoms with E-state index in [-0.39, 0.29) is 5.69 Å². The molecule has 1 atom stereocenters. The second kappa shape index (κ2) is 8.60. The lowest BCUT2D eigenvalue weighted by atomic mass is 9.98. The normalized spacial score (nSPS) is 11.7. The number of hydrogen-bond acceptors (Lipinski definition) is 5. The van der Waals surface area contributed by atoms with Crippen LogP contribution < -0.4 is 10.5 Å². The Morgan fingerprint density at radius 2 is 1.97 bits per heavy atom. The summed E-state index contributed by atoms with van der Waals surface area (Å²) >= 11 is 5.82. The molecule has 0 spiro atoms. The maximum Gasteiger partial charge on any atom is 0.267 e. The number of amides is 1. The maximum atomic E-state index is 11.9. The zero-order valence-electron chi connectivity index (χ0n) is 16.6. The standard InChI is InChI=1S/C24H18ClN3O3/c1-31-17-6-3-15(4-7-17)19-12-21(24(26)30)28-20-11-16(5-8-18(19)20)22(29)10-14-2-9-23(25)27-13-14/h2-4,6-7,9,11-13,22,29H,10H2,1H3,(H2,26,30). The van der Waals surface area contributed by atoms with E-state index >= 15 is 0 Å². The van der Waals surface area contributed by atoms with E-state index in [0.29, 0.717) is 28.0 Å². The molecule has 31 heavy (non-hydrogen) atoms. The highest BCUT2D eigenvalue weighted by molar-refractivity contribution is 6.29. The van der Waals surface area contributed by atoms with Crippen molar-refractivity contribution in [3.8, 4) is 16.9 Å². The Kier molecular flexibility index (Phi) is 5.72. The van der Waals surface area contributed by atoms with E-state index < -0.39 is 12.0 Å². The van der Waals surface area contributed by atoms with Gasteiger partial charge in [-0.3, -0.25) is 4.79 Å². The zero-order chi connectivity index (χ0) is 22.0. The topological polar surface area (TPSA) is 98.3 Å². The molecule has 7 heteroatoms. The van der Waals surface area contributed by atoms with Crippen molar-refractivity contribution in [1.29, 1.82) is 0 Å². The Morgan fingerprint density at radius 1 is 1.19 bits per heavy atom. The van der Waals surface area contributed by atoms with Crippen LogP contribution in [0.4, 0.5) is 0 Å². The van der Waals surface area contributed by atoms with Gasteiger partial charge in [0, 0.05) is 23.7 Å². The molecule has 3 N–H and O–H groups in total. The summed E-state index contributed by atoms with van der Waals surface area (Å²) in [5, 5.41) is 11.7. The number of carbonyl (C=O) groups excluding carboxylic acids is 1.